The summed E-state index contributed by atoms with van der Waals surface area (Å²) in [5, 5.41) is 0. The fraction of sp³-hybridized carbons (Fsp3) is 0.438. The average molecular weight is 343 g/mol. The molecule has 0 spiro atoms. The molecule has 0 unspecified atom stereocenters. The monoisotopic (exact) mass is 342 g/mol. The van der Waals surface area contributed by atoms with Crippen LogP contribution in [0.1, 0.15) is 37.7 Å². The third-order valence-corrected chi connectivity index (χ3v) is 4.02. The molecule has 2 heterocycles. The molecule has 1 aliphatic rings. The Hall–Kier alpha value is -1.39. The summed E-state index contributed by atoms with van der Waals surface area (Å²) in [6.07, 6.45) is 6.19. The molecule has 0 saturated heterocycles. The van der Waals surface area contributed by atoms with Crippen molar-refractivity contribution in [1.82, 2.24) is 9.55 Å². The lowest BCUT2D eigenvalue weighted by molar-refractivity contribution is 0.554. The van der Waals surface area contributed by atoms with E-state index in [-0.39, 0.29) is 24.8 Å². The molecule has 1 aromatic heterocycles. The first-order valence-electron chi connectivity index (χ1n) is 7.31. The van der Waals surface area contributed by atoms with Gasteiger partial charge in [-0.2, -0.15) is 0 Å². The number of nitrogens with zero attached hydrogens (tertiary/aromatic N) is 3. The van der Waals surface area contributed by atoms with Gasteiger partial charge in [-0.3, -0.25) is 0 Å². The van der Waals surface area contributed by atoms with Crippen molar-refractivity contribution >= 4 is 36.2 Å². The van der Waals surface area contributed by atoms with Crippen molar-refractivity contribution in [3.05, 3.63) is 42.0 Å². The third-order valence-electron chi connectivity index (χ3n) is 4.02. The average Bonchev–Trinajstić information content (AvgIpc) is 2.88. The van der Waals surface area contributed by atoms with Gasteiger partial charge in [0, 0.05) is 36.4 Å². The van der Waals surface area contributed by atoms with E-state index in [0.29, 0.717) is 6.04 Å². The minimum Gasteiger partial charge on any atom is -0.398 e. The quantitative estimate of drug-likeness (QED) is 0.862. The van der Waals surface area contributed by atoms with Crippen molar-refractivity contribution in [3.8, 4) is 0 Å². The zero-order valence-corrected chi connectivity index (χ0v) is 14.7. The van der Waals surface area contributed by atoms with Crippen LogP contribution in [0.25, 0.3) is 0 Å². The summed E-state index contributed by atoms with van der Waals surface area (Å²) in [5.74, 6) is 1.12. The molecule has 2 aromatic rings. The van der Waals surface area contributed by atoms with Crippen molar-refractivity contribution < 1.29 is 0 Å². The molecule has 0 radical (unpaired) electrons. The van der Waals surface area contributed by atoms with E-state index in [9.17, 15) is 0 Å². The third kappa shape index (κ3) is 3.50. The molecule has 0 bridgehead atoms. The Labute approximate surface area is 144 Å². The molecule has 22 heavy (non-hydrogen) atoms. The Balaban J connectivity index is 0.00000121. The number of rotatable bonds is 3. The van der Waals surface area contributed by atoms with Crippen LogP contribution in [0.3, 0.4) is 0 Å². The van der Waals surface area contributed by atoms with Crippen molar-refractivity contribution in [2.45, 2.75) is 39.3 Å². The molecule has 3 rings (SSSR count). The standard InChI is InChI=1S/C16H22N4.2ClH/c1-12(2)20-10-8-18-16(20)11-19-9-4-5-13-14(17)6-3-7-15(13)19;;/h3,6-8,10,12H,4-5,9,11,17H2,1-2H3;2*1H. The fourth-order valence-electron chi connectivity index (χ4n) is 3.00. The lowest BCUT2D eigenvalue weighted by atomic mass is 10.00. The van der Waals surface area contributed by atoms with E-state index in [1.807, 2.05) is 18.3 Å². The van der Waals surface area contributed by atoms with Crippen LogP contribution in [0.2, 0.25) is 0 Å². The summed E-state index contributed by atoms with van der Waals surface area (Å²) in [4.78, 5) is 6.92. The zero-order valence-electron chi connectivity index (χ0n) is 13.0. The zero-order chi connectivity index (χ0) is 14.1. The summed E-state index contributed by atoms with van der Waals surface area (Å²) < 4.78 is 2.24. The van der Waals surface area contributed by atoms with Gasteiger partial charge in [-0.25, -0.2) is 4.98 Å². The van der Waals surface area contributed by atoms with Gasteiger partial charge in [0.05, 0.1) is 6.54 Å². The van der Waals surface area contributed by atoms with E-state index in [0.717, 1.165) is 37.4 Å². The minimum absolute atomic E-state index is 0. The second kappa shape index (κ2) is 7.75. The molecule has 1 aromatic carbocycles. The van der Waals surface area contributed by atoms with Crippen LogP contribution >= 0.6 is 24.8 Å². The van der Waals surface area contributed by atoms with Crippen LogP contribution in [-0.2, 0) is 13.0 Å². The first-order chi connectivity index (χ1) is 9.66. The second-order valence-electron chi connectivity index (χ2n) is 5.71. The number of nitrogens with two attached hydrogens (primary N) is 1. The van der Waals surface area contributed by atoms with Crippen LogP contribution in [-0.4, -0.2) is 16.1 Å². The molecule has 0 fully saturated rings. The number of halogens is 2. The Kier molecular flexibility index (Phi) is 6.57. The van der Waals surface area contributed by atoms with Crippen LogP contribution < -0.4 is 10.6 Å². The molecule has 6 heteroatoms. The van der Waals surface area contributed by atoms with Gasteiger partial charge < -0.3 is 15.2 Å². The summed E-state index contributed by atoms with van der Waals surface area (Å²) >= 11 is 0. The molecule has 122 valence electrons. The van der Waals surface area contributed by atoms with Gasteiger partial charge >= 0.3 is 0 Å². The number of anilines is 2. The highest BCUT2D eigenvalue weighted by molar-refractivity contribution is 5.85. The Morgan fingerprint density at radius 1 is 1.27 bits per heavy atom. The SMILES string of the molecule is CC(C)n1ccnc1CN1CCCc2c(N)cccc21.Cl.Cl. The topological polar surface area (TPSA) is 47.1 Å². The minimum atomic E-state index is 0. The van der Waals surface area contributed by atoms with Gasteiger partial charge in [0.2, 0.25) is 0 Å². The number of hydrogen-bond acceptors (Lipinski definition) is 3. The van der Waals surface area contributed by atoms with E-state index in [1.165, 1.54) is 11.3 Å². The number of nitrogen functional groups attached to an aromatic ring is 1. The summed E-state index contributed by atoms with van der Waals surface area (Å²) in [6.45, 7) is 6.30. The van der Waals surface area contributed by atoms with Crippen LogP contribution in [0.5, 0.6) is 0 Å². The van der Waals surface area contributed by atoms with E-state index in [1.54, 1.807) is 0 Å². The van der Waals surface area contributed by atoms with Gasteiger partial charge in [0.15, 0.2) is 0 Å². The number of benzene rings is 1. The maximum absolute atomic E-state index is 6.11. The van der Waals surface area contributed by atoms with Crippen molar-refractivity contribution in [1.29, 1.82) is 0 Å². The van der Waals surface area contributed by atoms with E-state index >= 15 is 0 Å². The van der Waals surface area contributed by atoms with Crippen LogP contribution in [0.4, 0.5) is 11.4 Å². The van der Waals surface area contributed by atoms with Crippen molar-refractivity contribution in [2.24, 2.45) is 0 Å². The Morgan fingerprint density at radius 3 is 2.77 bits per heavy atom. The van der Waals surface area contributed by atoms with E-state index < -0.39 is 0 Å². The van der Waals surface area contributed by atoms with Gasteiger partial charge in [-0.15, -0.1) is 24.8 Å². The molecule has 4 nitrogen and oxygen atoms in total. The summed E-state index contributed by atoms with van der Waals surface area (Å²) in [6, 6.07) is 6.66. The highest BCUT2D eigenvalue weighted by Crippen LogP contribution is 2.32. The highest BCUT2D eigenvalue weighted by Gasteiger charge is 2.20. The van der Waals surface area contributed by atoms with Gasteiger partial charge in [-0.05, 0) is 44.4 Å². The Morgan fingerprint density at radius 2 is 2.05 bits per heavy atom. The molecule has 0 amide bonds. The molecule has 0 saturated carbocycles. The van der Waals surface area contributed by atoms with Gasteiger partial charge in [0.1, 0.15) is 5.82 Å². The smallest absolute Gasteiger partial charge is 0.128 e. The molecular formula is C16H24Cl2N4. The molecule has 1 aliphatic heterocycles. The molecule has 0 aliphatic carbocycles. The highest BCUT2D eigenvalue weighted by atomic mass is 35.5. The number of fused-ring (bicyclic) bond motifs is 1. The van der Waals surface area contributed by atoms with Crippen molar-refractivity contribution in [3.63, 3.8) is 0 Å². The summed E-state index contributed by atoms with van der Waals surface area (Å²) in [7, 11) is 0. The predicted molar refractivity (Wildman–Crippen MR) is 97.3 cm³/mol. The first-order valence-corrected chi connectivity index (χ1v) is 7.31. The molecule has 0 atom stereocenters. The Bertz CT molecular complexity index is 610. The predicted octanol–water partition coefficient (Wildman–Crippen LogP) is 3.84. The summed E-state index contributed by atoms with van der Waals surface area (Å²) in [5.41, 5.74) is 9.59. The van der Waals surface area contributed by atoms with E-state index in [4.69, 9.17) is 5.73 Å². The molecule has 2 N–H and O–H groups in total. The van der Waals surface area contributed by atoms with Crippen molar-refractivity contribution in [2.75, 3.05) is 17.2 Å². The number of aromatic nitrogens is 2. The fourth-order valence-corrected chi connectivity index (χ4v) is 3.00. The number of imidazole rings is 1. The first kappa shape index (κ1) is 18.7. The maximum atomic E-state index is 6.11. The lowest BCUT2D eigenvalue weighted by Crippen LogP contribution is -2.30. The molecular weight excluding hydrogens is 319 g/mol. The van der Waals surface area contributed by atoms with Crippen LogP contribution in [0.15, 0.2) is 30.6 Å². The van der Waals surface area contributed by atoms with Gasteiger partial charge in [-0.1, -0.05) is 6.07 Å². The normalized spacial score (nSPS) is 13.3. The number of hydrogen-bond donors (Lipinski definition) is 1. The largest absolute Gasteiger partial charge is 0.398 e. The maximum Gasteiger partial charge on any atom is 0.128 e. The lowest BCUT2D eigenvalue weighted by Gasteiger charge is -2.32. The van der Waals surface area contributed by atoms with Gasteiger partial charge in [0.25, 0.3) is 0 Å². The van der Waals surface area contributed by atoms with Crippen LogP contribution in [0, 0.1) is 0 Å². The second-order valence-corrected chi connectivity index (χ2v) is 5.71. The van der Waals surface area contributed by atoms with E-state index in [2.05, 4.69) is 40.6 Å².